The zero-order valence-electron chi connectivity index (χ0n) is 11.1. The first-order chi connectivity index (χ1) is 8.57. The number of carbonyl (C=O) groups excluding carboxylic acids is 1. The number of carbonyl (C=O) groups is 1. The molecule has 1 aliphatic heterocycles. The molecular formula is C16H20O2. The third kappa shape index (κ3) is 3.46. The Morgan fingerprint density at radius 3 is 2.72 bits per heavy atom. The maximum absolute atomic E-state index is 11.8. The first-order valence-electron chi connectivity index (χ1n) is 6.51. The standard InChI is InChI=1S/C16H20O2/c1-16(2)12-11-14(15(17)18-16)10-6-9-13-7-4-3-5-8-13/h3-9,14H,10-12H2,1-2H3/b9-6+/t14-/m0/s1. The summed E-state index contributed by atoms with van der Waals surface area (Å²) in [6.45, 7) is 3.95. The number of cyclic esters (lactones) is 1. The van der Waals surface area contributed by atoms with Crippen LogP contribution in [0.15, 0.2) is 36.4 Å². The van der Waals surface area contributed by atoms with E-state index in [0.29, 0.717) is 0 Å². The van der Waals surface area contributed by atoms with E-state index in [9.17, 15) is 4.79 Å². The summed E-state index contributed by atoms with van der Waals surface area (Å²) in [5.41, 5.74) is 0.888. The molecular weight excluding hydrogens is 224 g/mol. The lowest BCUT2D eigenvalue weighted by Crippen LogP contribution is -2.37. The summed E-state index contributed by atoms with van der Waals surface area (Å²) in [7, 11) is 0. The molecule has 1 aromatic carbocycles. The van der Waals surface area contributed by atoms with Crippen LogP contribution in [0.2, 0.25) is 0 Å². The molecule has 0 aromatic heterocycles. The summed E-state index contributed by atoms with van der Waals surface area (Å²) < 4.78 is 5.42. The number of benzene rings is 1. The Kier molecular flexibility index (Phi) is 3.85. The molecule has 0 amide bonds. The highest BCUT2D eigenvalue weighted by Gasteiger charge is 2.33. The molecule has 0 saturated carbocycles. The van der Waals surface area contributed by atoms with E-state index in [1.807, 2.05) is 32.0 Å². The first-order valence-corrected chi connectivity index (χ1v) is 6.51. The van der Waals surface area contributed by atoms with Gasteiger partial charge < -0.3 is 4.74 Å². The van der Waals surface area contributed by atoms with Crippen LogP contribution in [0.25, 0.3) is 6.08 Å². The molecule has 1 saturated heterocycles. The van der Waals surface area contributed by atoms with Crippen LogP contribution >= 0.6 is 0 Å². The summed E-state index contributed by atoms with van der Waals surface area (Å²) in [4.78, 5) is 11.8. The van der Waals surface area contributed by atoms with Gasteiger partial charge in [0.2, 0.25) is 0 Å². The van der Waals surface area contributed by atoms with Crippen molar-refractivity contribution >= 4 is 12.0 Å². The van der Waals surface area contributed by atoms with Gasteiger partial charge in [-0.15, -0.1) is 0 Å². The van der Waals surface area contributed by atoms with Crippen LogP contribution in [0.4, 0.5) is 0 Å². The monoisotopic (exact) mass is 244 g/mol. The molecule has 1 aliphatic rings. The average Bonchev–Trinajstić information content (AvgIpc) is 2.33. The van der Waals surface area contributed by atoms with Crippen LogP contribution in [0.3, 0.4) is 0 Å². The van der Waals surface area contributed by atoms with Crippen molar-refractivity contribution in [2.24, 2.45) is 5.92 Å². The molecule has 1 aromatic rings. The molecule has 0 unspecified atom stereocenters. The van der Waals surface area contributed by atoms with Crippen molar-refractivity contribution in [2.75, 3.05) is 0 Å². The molecule has 2 heteroatoms. The van der Waals surface area contributed by atoms with Gasteiger partial charge in [-0.05, 0) is 38.7 Å². The van der Waals surface area contributed by atoms with Gasteiger partial charge in [-0.25, -0.2) is 0 Å². The van der Waals surface area contributed by atoms with Crippen LogP contribution < -0.4 is 0 Å². The zero-order valence-corrected chi connectivity index (χ0v) is 11.1. The topological polar surface area (TPSA) is 26.3 Å². The summed E-state index contributed by atoms with van der Waals surface area (Å²) in [6, 6.07) is 10.1. The third-order valence-corrected chi connectivity index (χ3v) is 3.34. The normalized spacial score (nSPS) is 23.0. The molecule has 1 atom stereocenters. The quantitative estimate of drug-likeness (QED) is 0.755. The van der Waals surface area contributed by atoms with E-state index in [2.05, 4.69) is 24.3 Å². The fourth-order valence-electron chi connectivity index (χ4n) is 2.19. The Morgan fingerprint density at radius 2 is 2.06 bits per heavy atom. The second-order valence-corrected chi connectivity index (χ2v) is 5.47. The molecule has 2 nitrogen and oxygen atoms in total. The number of esters is 1. The van der Waals surface area contributed by atoms with Crippen molar-refractivity contribution in [3.05, 3.63) is 42.0 Å². The largest absolute Gasteiger partial charge is 0.459 e. The first kappa shape index (κ1) is 12.9. The number of rotatable bonds is 3. The number of hydrogen-bond donors (Lipinski definition) is 0. The second kappa shape index (κ2) is 5.38. The minimum Gasteiger partial charge on any atom is -0.459 e. The lowest BCUT2D eigenvalue weighted by molar-refractivity contribution is -0.169. The molecule has 0 aliphatic carbocycles. The maximum Gasteiger partial charge on any atom is 0.309 e. The van der Waals surface area contributed by atoms with Crippen LogP contribution in [-0.4, -0.2) is 11.6 Å². The third-order valence-electron chi connectivity index (χ3n) is 3.34. The van der Waals surface area contributed by atoms with Gasteiger partial charge in [-0.2, -0.15) is 0 Å². The highest BCUT2D eigenvalue weighted by atomic mass is 16.6. The summed E-state index contributed by atoms with van der Waals surface area (Å²) in [5, 5.41) is 0. The molecule has 1 fully saturated rings. The van der Waals surface area contributed by atoms with Crippen molar-refractivity contribution in [1.82, 2.24) is 0 Å². The Labute approximate surface area is 109 Å². The molecule has 0 N–H and O–H groups in total. The fourth-order valence-corrected chi connectivity index (χ4v) is 2.19. The van der Waals surface area contributed by atoms with Crippen molar-refractivity contribution in [3.63, 3.8) is 0 Å². The van der Waals surface area contributed by atoms with Gasteiger partial charge in [0.05, 0.1) is 5.92 Å². The zero-order chi connectivity index (χ0) is 13.0. The van der Waals surface area contributed by atoms with E-state index in [1.54, 1.807) is 0 Å². The highest BCUT2D eigenvalue weighted by Crippen LogP contribution is 2.30. The molecule has 1 heterocycles. The lowest BCUT2D eigenvalue weighted by Gasteiger charge is -2.33. The van der Waals surface area contributed by atoms with Crippen molar-refractivity contribution in [2.45, 2.75) is 38.7 Å². The predicted octanol–water partition coefficient (Wildman–Crippen LogP) is 3.82. The Hall–Kier alpha value is -1.57. The number of ether oxygens (including phenoxy) is 1. The van der Waals surface area contributed by atoms with Gasteiger partial charge in [-0.1, -0.05) is 42.5 Å². The molecule has 0 radical (unpaired) electrons. The summed E-state index contributed by atoms with van der Waals surface area (Å²) in [6.07, 6.45) is 6.77. The van der Waals surface area contributed by atoms with Crippen molar-refractivity contribution in [3.8, 4) is 0 Å². The van der Waals surface area contributed by atoms with E-state index in [4.69, 9.17) is 4.74 Å². The van der Waals surface area contributed by atoms with E-state index in [1.165, 1.54) is 5.56 Å². The van der Waals surface area contributed by atoms with Gasteiger partial charge in [0.25, 0.3) is 0 Å². The molecule has 96 valence electrons. The second-order valence-electron chi connectivity index (χ2n) is 5.47. The Balaban J connectivity index is 1.88. The minimum atomic E-state index is -0.281. The van der Waals surface area contributed by atoms with Crippen molar-refractivity contribution in [1.29, 1.82) is 0 Å². The van der Waals surface area contributed by atoms with Crippen LogP contribution in [0.1, 0.15) is 38.7 Å². The average molecular weight is 244 g/mol. The Bertz CT molecular complexity index is 432. The lowest BCUT2D eigenvalue weighted by atomic mass is 9.89. The van der Waals surface area contributed by atoms with Gasteiger partial charge in [0.1, 0.15) is 5.60 Å². The smallest absolute Gasteiger partial charge is 0.309 e. The minimum absolute atomic E-state index is 0.0259. The number of hydrogen-bond acceptors (Lipinski definition) is 2. The van der Waals surface area contributed by atoms with Crippen molar-refractivity contribution < 1.29 is 9.53 Å². The van der Waals surface area contributed by atoms with Gasteiger partial charge in [0.15, 0.2) is 0 Å². The van der Waals surface area contributed by atoms with Gasteiger partial charge >= 0.3 is 5.97 Å². The maximum atomic E-state index is 11.8. The molecule has 0 bridgehead atoms. The van der Waals surface area contributed by atoms with Crippen LogP contribution in [0, 0.1) is 5.92 Å². The van der Waals surface area contributed by atoms with E-state index < -0.39 is 0 Å². The van der Waals surface area contributed by atoms with Crippen LogP contribution in [-0.2, 0) is 9.53 Å². The number of allylic oxidation sites excluding steroid dienone is 1. The Morgan fingerprint density at radius 1 is 1.33 bits per heavy atom. The van der Waals surface area contributed by atoms with E-state index in [0.717, 1.165) is 19.3 Å². The van der Waals surface area contributed by atoms with Gasteiger partial charge in [0, 0.05) is 0 Å². The fraction of sp³-hybridized carbons (Fsp3) is 0.438. The molecule has 18 heavy (non-hydrogen) atoms. The van der Waals surface area contributed by atoms with E-state index in [-0.39, 0.29) is 17.5 Å². The summed E-state index contributed by atoms with van der Waals surface area (Å²) >= 11 is 0. The molecule has 2 rings (SSSR count). The highest BCUT2D eigenvalue weighted by molar-refractivity contribution is 5.74. The van der Waals surface area contributed by atoms with E-state index >= 15 is 0 Å². The molecule has 0 spiro atoms. The SMILES string of the molecule is CC1(C)CC[C@H](C/C=C/c2ccccc2)C(=O)O1. The summed E-state index contributed by atoms with van der Waals surface area (Å²) in [5.74, 6) is -0.0260. The van der Waals surface area contributed by atoms with Gasteiger partial charge in [-0.3, -0.25) is 4.79 Å². The van der Waals surface area contributed by atoms with Crippen LogP contribution in [0.5, 0.6) is 0 Å². The predicted molar refractivity (Wildman–Crippen MR) is 73.0 cm³/mol.